The second-order valence-corrected chi connectivity index (χ2v) is 5.08. The summed E-state index contributed by atoms with van der Waals surface area (Å²) < 4.78 is 22.4. The summed E-state index contributed by atoms with van der Waals surface area (Å²) in [6.45, 7) is 1.36. The number of sulfone groups is 1. The largest absolute Gasteiger partial charge is 0.342 e. The Kier molecular flexibility index (Phi) is 5.12. The van der Waals surface area contributed by atoms with E-state index in [1.807, 2.05) is 0 Å². The van der Waals surface area contributed by atoms with Gasteiger partial charge in [-0.2, -0.15) is 5.26 Å². The van der Waals surface area contributed by atoms with Crippen molar-refractivity contribution in [2.45, 2.75) is 13.0 Å². The van der Waals surface area contributed by atoms with Gasteiger partial charge < -0.3 is 11.1 Å². The molecule has 3 N–H and O–H groups in total. The van der Waals surface area contributed by atoms with Gasteiger partial charge in [-0.25, -0.2) is 8.42 Å². The van der Waals surface area contributed by atoms with E-state index in [0.717, 1.165) is 0 Å². The topological polar surface area (TPSA) is 113 Å². The molecule has 0 aromatic rings. The van der Waals surface area contributed by atoms with Crippen LogP contribution in [0.4, 0.5) is 0 Å². The summed E-state index contributed by atoms with van der Waals surface area (Å²) in [5.41, 5.74) is 5.29. The van der Waals surface area contributed by atoms with E-state index >= 15 is 0 Å². The maximum atomic E-state index is 11.2. The third kappa shape index (κ3) is 6.39. The Morgan fingerprint density at radius 2 is 2.21 bits per heavy atom. The molecule has 0 saturated carbocycles. The summed E-state index contributed by atoms with van der Waals surface area (Å²) in [5.74, 6) is -1.52. The first-order valence-electron chi connectivity index (χ1n) is 3.97. The van der Waals surface area contributed by atoms with Crippen LogP contribution in [0.15, 0.2) is 0 Å². The first-order chi connectivity index (χ1) is 6.37. The molecule has 0 saturated heterocycles. The number of carbonyl (C=O) groups is 1. The minimum atomic E-state index is -3.46. The lowest BCUT2D eigenvalue weighted by atomic mass is 10.4. The lowest BCUT2D eigenvalue weighted by molar-refractivity contribution is -0.118. The van der Waals surface area contributed by atoms with Crippen LogP contribution in [0.5, 0.6) is 0 Å². The first kappa shape index (κ1) is 12.9. The summed E-state index contributed by atoms with van der Waals surface area (Å²) in [6.07, 6.45) is 0. The molecular formula is C7H13N3O3S. The molecule has 0 rings (SSSR count). The number of carbonyl (C=O) groups excluding carboxylic acids is 1. The Bertz CT molecular complexity index is 329. The quantitative estimate of drug-likeness (QED) is 0.540. The first-order valence-corrected chi connectivity index (χ1v) is 5.79. The van der Waals surface area contributed by atoms with Gasteiger partial charge in [-0.05, 0) is 6.92 Å². The number of nitriles is 1. The van der Waals surface area contributed by atoms with Crippen molar-refractivity contribution in [3.8, 4) is 6.07 Å². The van der Waals surface area contributed by atoms with Crippen LogP contribution in [0.25, 0.3) is 0 Å². The molecule has 0 radical (unpaired) electrons. The van der Waals surface area contributed by atoms with Crippen molar-refractivity contribution in [2.24, 2.45) is 5.73 Å². The second-order valence-electron chi connectivity index (χ2n) is 2.97. The minimum absolute atomic E-state index is 0.188. The Balaban J connectivity index is 4.11. The van der Waals surface area contributed by atoms with Crippen LogP contribution in [-0.2, 0) is 14.6 Å². The number of rotatable bonds is 5. The van der Waals surface area contributed by atoms with E-state index in [0.29, 0.717) is 0 Å². The van der Waals surface area contributed by atoms with Gasteiger partial charge in [0.1, 0.15) is 12.3 Å². The highest BCUT2D eigenvalue weighted by Crippen LogP contribution is 1.92. The molecule has 0 heterocycles. The zero-order valence-corrected chi connectivity index (χ0v) is 8.67. The average molecular weight is 219 g/mol. The summed E-state index contributed by atoms with van der Waals surface area (Å²) in [5, 5.41) is 10.3. The highest BCUT2D eigenvalue weighted by atomic mass is 32.2. The van der Waals surface area contributed by atoms with Gasteiger partial charge in [0.25, 0.3) is 0 Å². The molecule has 7 heteroatoms. The highest BCUT2D eigenvalue weighted by molar-refractivity contribution is 7.92. The van der Waals surface area contributed by atoms with Crippen molar-refractivity contribution in [2.75, 3.05) is 18.1 Å². The van der Waals surface area contributed by atoms with E-state index in [4.69, 9.17) is 11.0 Å². The number of nitrogens with two attached hydrogens (primary N) is 1. The zero-order valence-electron chi connectivity index (χ0n) is 7.86. The normalized spacial score (nSPS) is 12.9. The lowest BCUT2D eigenvalue weighted by Gasteiger charge is -2.06. The number of hydrogen-bond donors (Lipinski definition) is 2. The Morgan fingerprint density at radius 1 is 1.64 bits per heavy atom. The van der Waals surface area contributed by atoms with Crippen molar-refractivity contribution in [1.82, 2.24) is 5.32 Å². The molecule has 0 aliphatic heterocycles. The molecular weight excluding hydrogens is 206 g/mol. The molecule has 0 aliphatic rings. The predicted molar refractivity (Wildman–Crippen MR) is 50.9 cm³/mol. The monoisotopic (exact) mass is 219 g/mol. The lowest BCUT2D eigenvalue weighted by Crippen LogP contribution is -2.35. The molecule has 1 atom stereocenters. The SMILES string of the molecule is CC(N)CS(=O)(=O)CC(=O)NCC#N. The van der Waals surface area contributed by atoms with E-state index in [-0.39, 0.29) is 12.3 Å². The smallest absolute Gasteiger partial charge is 0.236 e. The predicted octanol–water partition coefficient (Wildman–Crippen LogP) is -1.61. The maximum Gasteiger partial charge on any atom is 0.236 e. The molecule has 1 unspecified atom stereocenters. The average Bonchev–Trinajstić information content (AvgIpc) is 1.96. The van der Waals surface area contributed by atoms with E-state index in [1.54, 1.807) is 13.0 Å². The molecule has 0 bridgehead atoms. The molecule has 0 spiro atoms. The molecule has 14 heavy (non-hydrogen) atoms. The van der Waals surface area contributed by atoms with Gasteiger partial charge in [0.15, 0.2) is 9.84 Å². The Hall–Kier alpha value is -1.13. The molecule has 0 aliphatic carbocycles. The summed E-state index contributed by atoms with van der Waals surface area (Å²) >= 11 is 0. The van der Waals surface area contributed by atoms with Gasteiger partial charge in [-0.3, -0.25) is 4.79 Å². The second kappa shape index (κ2) is 5.57. The van der Waals surface area contributed by atoms with Gasteiger partial charge in [0, 0.05) is 6.04 Å². The summed E-state index contributed by atoms with van der Waals surface area (Å²) in [7, 11) is -3.46. The fourth-order valence-electron chi connectivity index (χ4n) is 0.848. The molecule has 0 fully saturated rings. The van der Waals surface area contributed by atoms with Crippen LogP contribution in [0.1, 0.15) is 6.92 Å². The molecule has 0 aromatic heterocycles. The van der Waals surface area contributed by atoms with Crippen molar-refractivity contribution >= 4 is 15.7 Å². The number of nitrogens with one attached hydrogen (secondary N) is 1. The fraction of sp³-hybridized carbons (Fsp3) is 0.714. The van der Waals surface area contributed by atoms with Gasteiger partial charge in [0.2, 0.25) is 5.91 Å². The van der Waals surface area contributed by atoms with Crippen LogP contribution < -0.4 is 11.1 Å². The van der Waals surface area contributed by atoms with Crippen molar-refractivity contribution in [1.29, 1.82) is 5.26 Å². The van der Waals surface area contributed by atoms with Crippen molar-refractivity contribution in [3.63, 3.8) is 0 Å². The number of amides is 1. The minimum Gasteiger partial charge on any atom is -0.342 e. The summed E-state index contributed by atoms with van der Waals surface area (Å²) in [6, 6.07) is 1.18. The van der Waals surface area contributed by atoms with Gasteiger partial charge in [0.05, 0.1) is 11.8 Å². The van der Waals surface area contributed by atoms with E-state index in [2.05, 4.69) is 5.32 Å². The molecule has 6 nitrogen and oxygen atoms in total. The van der Waals surface area contributed by atoms with E-state index in [9.17, 15) is 13.2 Å². The standard InChI is InChI=1S/C7H13N3O3S/c1-6(9)4-14(12,13)5-7(11)10-3-2-8/h6H,3-5,9H2,1H3,(H,10,11). The van der Waals surface area contributed by atoms with Gasteiger partial charge in [-0.15, -0.1) is 0 Å². The van der Waals surface area contributed by atoms with Crippen molar-refractivity contribution in [3.05, 3.63) is 0 Å². The van der Waals surface area contributed by atoms with E-state index < -0.39 is 27.5 Å². The van der Waals surface area contributed by atoms with Crippen molar-refractivity contribution < 1.29 is 13.2 Å². The van der Waals surface area contributed by atoms with Crippen LogP contribution in [0.2, 0.25) is 0 Å². The Labute approximate surface area is 83.0 Å². The van der Waals surface area contributed by atoms with Crippen LogP contribution in [0, 0.1) is 11.3 Å². The van der Waals surface area contributed by atoms with Crippen LogP contribution >= 0.6 is 0 Å². The van der Waals surface area contributed by atoms with Gasteiger partial charge in [-0.1, -0.05) is 0 Å². The molecule has 0 aromatic carbocycles. The number of hydrogen-bond acceptors (Lipinski definition) is 5. The molecule has 80 valence electrons. The third-order valence-electron chi connectivity index (χ3n) is 1.23. The molecule has 1 amide bonds. The summed E-state index contributed by atoms with van der Waals surface area (Å²) in [4.78, 5) is 10.9. The third-order valence-corrected chi connectivity index (χ3v) is 2.97. The van der Waals surface area contributed by atoms with E-state index in [1.165, 1.54) is 0 Å². The highest BCUT2D eigenvalue weighted by Gasteiger charge is 2.17. The Morgan fingerprint density at radius 3 is 2.64 bits per heavy atom. The fourth-order valence-corrected chi connectivity index (χ4v) is 2.27. The van der Waals surface area contributed by atoms with Crippen LogP contribution in [-0.4, -0.2) is 38.4 Å². The van der Waals surface area contributed by atoms with Gasteiger partial charge >= 0.3 is 0 Å². The maximum absolute atomic E-state index is 11.2. The van der Waals surface area contributed by atoms with Crippen LogP contribution in [0.3, 0.4) is 0 Å². The zero-order chi connectivity index (χ0) is 11.2. The number of nitrogens with zero attached hydrogens (tertiary/aromatic N) is 1.